The van der Waals surface area contributed by atoms with E-state index in [9.17, 15) is 13.6 Å². The minimum Gasteiger partial charge on any atom is -0.462 e. The molecule has 0 saturated heterocycles. The number of carbonyl (C=O) groups excluding carboxylic acids is 1. The molecule has 0 unspecified atom stereocenters. The summed E-state index contributed by atoms with van der Waals surface area (Å²) in [7, 11) is 0. The largest absolute Gasteiger partial charge is 0.462 e. The maximum atomic E-state index is 12.5. The average molecular weight is 215 g/mol. The second-order valence-electron chi connectivity index (χ2n) is 2.92. The van der Waals surface area contributed by atoms with E-state index in [1.165, 1.54) is 13.1 Å². The number of ether oxygens (including phenoxy) is 1. The molecule has 5 heteroatoms. The van der Waals surface area contributed by atoms with Gasteiger partial charge in [0.2, 0.25) is 0 Å². The zero-order valence-corrected chi connectivity index (χ0v) is 8.46. The standard InChI is InChI=1S/C10H11F2NO2/c1-3-15-10(14)7-4-8(9(11)12)6(2)13-5-7/h4-5,9H,3H2,1-2H3. The van der Waals surface area contributed by atoms with E-state index in [1.807, 2.05) is 0 Å². The van der Waals surface area contributed by atoms with Crippen molar-refractivity contribution in [2.45, 2.75) is 20.3 Å². The first-order valence-electron chi connectivity index (χ1n) is 4.48. The van der Waals surface area contributed by atoms with E-state index < -0.39 is 12.4 Å². The van der Waals surface area contributed by atoms with Gasteiger partial charge < -0.3 is 4.74 Å². The number of hydrogen-bond donors (Lipinski definition) is 0. The summed E-state index contributed by atoms with van der Waals surface area (Å²) >= 11 is 0. The molecule has 0 aliphatic carbocycles. The van der Waals surface area contributed by atoms with Crippen molar-refractivity contribution in [2.24, 2.45) is 0 Å². The molecule has 0 spiro atoms. The minimum atomic E-state index is -2.63. The SMILES string of the molecule is CCOC(=O)c1cnc(C)c(C(F)F)c1. The third kappa shape index (κ3) is 2.71. The Labute approximate surface area is 86.1 Å². The van der Waals surface area contributed by atoms with Gasteiger partial charge in [0, 0.05) is 17.5 Å². The van der Waals surface area contributed by atoms with E-state index in [1.54, 1.807) is 6.92 Å². The molecule has 0 atom stereocenters. The lowest BCUT2D eigenvalue weighted by Gasteiger charge is -2.06. The number of alkyl halides is 2. The van der Waals surface area contributed by atoms with Crippen LogP contribution in [0.15, 0.2) is 12.3 Å². The highest BCUT2D eigenvalue weighted by Gasteiger charge is 2.15. The maximum absolute atomic E-state index is 12.5. The molecule has 15 heavy (non-hydrogen) atoms. The minimum absolute atomic E-state index is 0.0535. The van der Waals surface area contributed by atoms with Gasteiger partial charge in [-0.05, 0) is 19.9 Å². The zero-order valence-electron chi connectivity index (χ0n) is 8.46. The molecule has 0 amide bonds. The summed E-state index contributed by atoms with van der Waals surface area (Å²) in [6.07, 6.45) is -1.40. The monoisotopic (exact) mass is 215 g/mol. The summed E-state index contributed by atoms with van der Waals surface area (Å²) in [6, 6.07) is 1.12. The highest BCUT2D eigenvalue weighted by Crippen LogP contribution is 2.22. The lowest BCUT2D eigenvalue weighted by atomic mass is 10.1. The molecule has 82 valence electrons. The fourth-order valence-corrected chi connectivity index (χ4v) is 1.10. The topological polar surface area (TPSA) is 39.2 Å². The number of carbonyl (C=O) groups is 1. The average Bonchev–Trinajstić information content (AvgIpc) is 2.18. The van der Waals surface area contributed by atoms with Gasteiger partial charge in [0.05, 0.1) is 12.2 Å². The first-order valence-corrected chi connectivity index (χ1v) is 4.48. The molecule has 1 aromatic rings. The van der Waals surface area contributed by atoms with Gasteiger partial charge in [-0.1, -0.05) is 0 Å². The number of rotatable bonds is 3. The van der Waals surface area contributed by atoms with E-state index in [4.69, 9.17) is 0 Å². The maximum Gasteiger partial charge on any atom is 0.339 e. The molecule has 0 aromatic carbocycles. The van der Waals surface area contributed by atoms with Crippen LogP contribution in [0.4, 0.5) is 8.78 Å². The van der Waals surface area contributed by atoms with E-state index >= 15 is 0 Å². The van der Waals surface area contributed by atoms with Crippen LogP contribution < -0.4 is 0 Å². The van der Waals surface area contributed by atoms with Crippen molar-refractivity contribution < 1.29 is 18.3 Å². The van der Waals surface area contributed by atoms with Crippen LogP contribution in [0.25, 0.3) is 0 Å². The number of hydrogen-bond acceptors (Lipinski definition) is 3. The molecule has 3 nitrogen and oxygen atoms in total. The van der Waals surface area contributed by atoms with Crippen LogP contribution in [0.5, 0.6) is 0 Å². The molecule has 0 N–H and O–H groups in total. The second-order valence-corrected chi connectivity index (χ2v) is 2.92. The van der Waals surface area contributed by atoms with Gasteiger partial charge in [-0.2, -0.15) is 0 Å². The summed E-state index contributed by atoms with van der Waals surface area (Å²) in [4.78, 5) is 14.9. The summed E-state index contributed by atoms with van der Waals surface area (Å²) in [5.74, 6) is -0.633. The summed E-state index contributed by atoms with van der Waals surface area (Å²) in [5, 5.41) is 0. The van der Waals surface area contributed by atoms with Gasteiger partial charge >= 0.3 is 5.97 Å². The number of nitrogens with zero attached hydrogens (tertiary/aromatic N) is 1. The van der Waals surface area contributed by atoms with Crippen LogP contribution >= 0.6 is 0 Å². The second kappa shape index (κ2) is 4.82. The first kappa shape index (κ1) is 11.6. The van der Waals surface area contributed by atoms with Gasteiger partial charge in [0.1, 0.15) is 0 Å². The molecular weight excluding hydrogens is 204 g/mol. The van der Waals surface area contributed by atoms with Crippen LogP contribution in [0.2, 0.25) is 0 Å². The Morgan fingerprint density at radius 3 is 2.80 bits per heavy atom. The van der Waals surface area contributed by atoms with Crippen LogP contribution in [0, 0.1) is 6.92 Å². The number of pyridine rings is 1. The van der Waals surface area contributed by atoms with Gasteiger partial charge in [-0.25, -0.2) is 13.6 Å². The number of esters is 1. The van der Waals surface area contributed by atoms with Crippen LogP contribution in [-0.2, 0) is 4.74 Å². The van der Waals surface area contributed by atoms with Crippen LogP contribution in [0.1, 0.15) is 35.0 Å². The Hall–Kier alpha value is -1.52. The predicted molar refractivity (Wildman–Crippen MR) is 49.9 cm³/mol. The van der Waals surface area contributed by atoms with Gasteiger partial charge in [0.25, 0.3) is 6.43 Å². The van der Waals surface area contributed by atoms with E-state index in [0.717, 1.165) is 6.07 Å². The fraction of sp³-hybridized carbons (Fsp3) is 0.400. The Kier molecular flexibility index (Phi) is 3.71. The lowest BCUT2D eigenvalue weighted by molar-refractivity contribution is 0.0525. The molecule has 1 aromatic heterocycles. The smallest absolute Gasteiger partial charge is 0.339 e. The zero-order chi connectivity index (χ0) is 11.4. The van der Waals surface area contributed by atoms with Gasteiger partial charge in [0.15, 0.2) is 0 Å². The van der Waals surface area contributed by atoms with Crippen molar-refractivity contribution in [3.63, 3.8) is 0 Å². The van der Waals surface area contributed by atoms with E-state index in [2.05, 4.69) is 9.72 Å². The van der Waals surface area contributed by atoms with Crippen molar-refractivity contribution >= 4 is 5.97 Å². The van der Waals surface area contributed by atoms with Crippen molar-refractivity contribution in [3.05, 3.63) is 29.1 Å². The number of halogens is 2. The molecule has 0 aliphatic heterocycles. The van der Waals surface area contributed by atoms with Crippen molar-refractivity contribution in [3.8, 4) is 0 Å². The highest BCUT2D eigenvalue weighted by atomic mass is 19.3. The molecule has 0 fully saturated rings. The van der Waals surface area contributed by atoms with Gasteiger partial charge in [-0.15, -0.1) is 0 Å². The predicted octanol–water partition coefficient (Wildman–Crippen LogP) is 2.50. The third-order valence-electron chi connectivity index (χ3n) is 1.87. The lowest BCUT2D eigenvalue weighted by Crippen LogP contribution is -2.07. The number of aromatic nitrogens is 1. The molecule has 0 aliphatic rings. The highest BCUT2D eigenvalue weighted by molar-refractivity contribution is 5.89. The van der Waals surface area contributed by atoms with E-state index in [-0.39, 0.29) is 23.4 Å². The normalized spacial score (nSPS) is 10.5. The Bertz CT molecular complexity index is 366. The first-order chi connectivity index (χ1) is 7.06. The summed E-state index contributed by atoms with van der Waals surface area (Å²) in [5.41, 5.74) is 0.0383. The number of aryl methyl sites for hydroxylation is 1. The molecule has 1 heterocycles. The Morgan fingerprint density at radius 1 is 1.60 bits per heavy atom. The van der Waals surface area contributed by atoms with Crippen LogP contribution in [0.3, 0.4) is 0 Å². The fourth-order valence-electron chi connectivity index (χ4n) is 1.10. The van der Waals surface area contributed by atoms with Crippen LogP contribution in [-0.4, -0.2) is 17.6 Å². The molecule has 0 radical (unpaired) electrons. The van der Waals surface area contributed by atoms with Crippen molar-refractivity contribution in [1.82, 2.24) is 4.98 Å². The quantitative estimate of drug-likeness (QED) is 0.727. The molecule has 1 rings (SSSR count). The Balaban J connectivity index is 3.02. The van der Waals surface area contributed by atoms with Crippen molar-refractivity contribution in [2.75, 3.05) is 6.61 Å². The van der Waals surface area contributed by atoms with Gasteiger partial charge in [-0.3, -0.25) is 4.98 Å². The summed E-state index contributed by atoms with van der Waals surface area (Å²) < 4.78 is 29.6. The molecule has 0 saturated carbocycles. The summed E-state index contributed by atoms with van der Waals surface area (Å²) in [6.45, 7) is 3.32. The Morgan fingerprint density at radius 2 is 2.27 bits per heavy atom. The third-order valence-corrected chi connectivity index (χ3v) is 1.87. The van der Waals surface area contributed by atoms with E-state index in [0.29, 0.717) is 0 Å². The molecular formula is C10H11F2NO2. The molecule has 0 bridgehead atoms. The van der Waals surface area contributed by atoms with Crippen molar-refractivity contribution in [1.29, 1.82) is 0 Å².